The van der Waals surface area contributed by atoms with Gasteiger partial charge in [-0.3, -0.25) is 13.4 Å². The van der Waals surface area contributed by atoms with Gasteiger partial charge in [-0.1, -0.05) is 29.2 Å². The molecule has 0 amide bonds. The second-order valence-electron chi connectivity index (χ2n) is 4.86. The Bertz CT molecular complexity index is 711. The molecule has 0 radical (unpaired) electrons. The van der Waals surface area contributed by atoms with Gasteiger partial charge >= 0.3 is 0 Å². The topological polar surface area (TPSA) is 79.5 Å². The number of anilines is 1. The lowest BCUT2D eigenvalue weighted by Crippen LogP contribution is -2.29. The summed E-state index contributed by atoms with van der Waals surface area (Å²) in [5, 5.41) is 10.9. The first kappa shape index (κ1) is 13.2. The van der Waals surface area contributed by atoms with Crippen molar-refractivity contribution in [3.8, 4) is 6.07 Å². The summed E-state index contributed by atoms with van der Waals surface area (Å²) in [7, 11) is -2.96. The van der Waals surface area contributed by atoms with Crippen molar-refractivity contribution < 1.29 is 9.11 Å². The molecule has 3 N–H and O–H groups in total. The fourth-order valence-corrected chi connectivity index (χ4v) is 4.13. The molecule has 5 nitrogen and oxygen atoms in total. The molecule has 2 aromatic carbocycles. The summed E-state index contributed by atoms with van der Waals surface area (Å²) in [6.07, 6.45) is 0. The number of nitrogens with zero attached hydrogens (tertiary/aromatic N) is 2. The minimum atomic E-state index is -2.96. The first-order chi connectivity index (χ1) is 9.53. The number of hydrogen-bond donors (Lipinski definition) is 3. The van der Waals surface area contributed by atoms with Crippen LogP contribution in [-0.2, 0) is 0 Å². The van der Waals surface area contributed by atoms with Crippen LogP contribution in [0.4, 0.5) is 5.69 Å². The standard InChI is InChI=1S/C14H15N3O2S/c1-10-9-16-20(18,19)17(10)13-5-6-14-11(7-13)3-2-4-12(14)8-15/h2-7,10,16,18-19H,9H2,1H3/t10-/m0/s1. The van der Waals surface area contributed by atoms with Crippen LogP contribution < -0.4 is 9.03 Å². The van der Waals surface area contributed by atoms with Crippen LogP contribution in [0.3, 0.4) is 0 Å². The Morgan fingerprint density at radius 2 is 2.15 bits per heavy atom. The first-order valence-corrected chi connectivity index (χ1v) is 7.78. The van der Waals surface area contributed by atoms with E-state index >= 15 is 0 Å². The second kappa shape index (κ2) is 4.65. The van der Waals surface area contributed by atoms with Gasteiger partial charge in [0, 0.05) is 6.54 Å². The fourth-order valence-electron chi connectivity index (χ4n) is 2.54. The molecule has 20 heavy (non-hydrogen) atoms. The van der Waals surface area contributed by atoms with Gasteiger partial charge in [-0.25, -0.2) is 0 Å². The molecule has 1 fully saturated rings. The van der Waals surface area contributed by atoms with Gasteiger partial charge in [0.1, 0.15) is 0 Å². The van der Waals surface area contributed by atoms with E-state index in [1.165, 1.54) is 0 Å². The van der Waals surface area contributed by atoms with E-state index in [4.69, 9.17) is 5.26 Å². The quantitative estimate of drug-likeness (QED) is 0.751. The smallest absolute Gasteiger partial charge is 0.0998 e. The predicted molar refractivity (Wildman–Crippen MR) is 81.5 cm³/mol. The number of nitriles is 1. The molecule has 1 saturated heterocycles. The van der Waals surface area contributed by atoms with E-state index in [9.17, 15) is 9.11 Å². The van der Waals surface area contributed by atoms with E-state index in [-0.39, 0.29) is 6.04 Å². The summed E-state index contributed by atoms with van der Waals surface area (Å²) >= 11 is 0. The number of rotatable bonds is 1. The molecule has 0 spiro atoms. The molecule has 0 aromatic heterocycles. The average molecular weight is 289 g/mol. The van der Waals surface area contributed by atoms with E-state index in [1.54, 1.807) is 10.4 Å². The summed E-state index contributed by atoms with van der Waals surface area (Å²) in [6.45, 7) is 2.46. The summed E-state index contributed by atoms with van der Waals surface area (Å²) in [6, 6.07) is 13.2. The summed E-state index contributed by atoms with van der Waals surface area (Å²) in [5.41, 5.74) is 1.36. The largest absolute Gasteiger partial charge is 0.269 e. The van der Waals surface area contributed by atoms with Crippen molar-refractivity contribution in [2.45, 2.75) is 13.0 Å². The van der Waals surface area contributed by atoms with Gasteiger partial charge in [-0.05, 0) is 35.9 Å². The minimum absolute atomic E-state index is 0.00315. The average Bonchev–Trinajstić information content (AvgIpc) is 2.71. The number of nitrogens with one attached hydrogen (secondary N) is 1. The van der Waals surface area contributed by atoms with Gasteiger partial charge in [0.15, 0.2) is 0 Å². The lowest BCUT2D eigenvalue weighted by molar-refractivity contribution is 0.480. The van der Waals surface area contributed by atoms with Crippen molar-refractivity contribution in [3.63, 3.8) is 0 Å². The fraction of sp³-hybridized carbons (Fsp3) is 0.214. The zero-order valence-corrected chi connectivity index (χ0v) is 11.8. The van der Waals surface area contributed by atoms with Crippen LogP contribution in [0.15, 0.2) is 36.4 Å². The molecule has 0 saturated carbocycles. The van der Waals surface area contributed by atoms with Crippen LogP contribution in [0.2, 0.25) is 0 Å². The van der Waals surface area contributed by atoms with Crippen molar-refractivity contribution in [1.82, 2.24) is 4.72 Å². The van der Waals surface area contributed by atoms with E-state index in [1.807, 2.05) is 37.3 Å². The molecule has 0 unspecified atom stereocenters. The van der Waals surface area contributed by atoms with E-state index in [2.05, 4.69) is 10.8 Å². The van der Waals surface area contributed by atoms with Gasteiger partial charge in [-0.15, -0.1) is 0 Å². The predicted octanol–water partition coefficient (Wildman–Crippen LogP) is 3.09. The van der Waals surface area contributed by atoms with Crippen molar-refractivity contribution in [2.75, 3.05) is 10.8 Å². The molecule has 0 bridgehead atoms. The summed E-state index contributed by atoms with van der Waals surface area (Å²) in [4.78, 5) is 0. The van der Waals surface area contributed by atoms with E-state index < -0.39 is 11.0 Å². The SMILES string of the molecule is C[C@H]1CNS(O)(O)N1c1ccc2c(C#N)cccc2c1. The Kier molecular flexibility index (Phi) is 3.07. The maximum atomic E-state index is 10.1. The summed E-state index contributed by atoms with van der Waals surface area (Å²) < 4.78 is 24.4. The molecule has 3 rings (SSSR count). The lowest BCUT2D eigenvalue weighted by Gasteiger charge is -2.39. The molecule has 1 atom stereocenters. The molecule has 1 heterocycles. The number of hydrogen-bond acceptors (Lipinski definition) is 5. The highest BCUT2D eigenvalue weighted by Crippen LogP contribution is 2.48. The van der Waals surface area contributed by atoms with Gasteiger partial charge in [0.25, 0.3) is 0 Å². The van der Waals surface area contributed by atoms with Crippen molar-refractivity contribution in [2.24, 2.45) is 0 Å². The normalized spacial score (nSPS) is 22.7. The molecular weight excluding hydrogens is 274 g/mol. The molecule has 2 aromatic rings. The van der Waals surface area contributed by atoms with Crippen molar-refractivity contribution >= 4 is 27.4 Å². The molecule has 1 aliphatic rings. The first-order valence-electron chi connectivity index (χ1n) is 6.28. The highest BCUT2D eigenvalue weighted by atomic mass is 32.3. The van der Waals surface area contributed by atoms with Gasteiger partial charge in [0.2, 0.25) is 0 Å². The van der Waals surface area contributed by atoms with Crippen molar-refractivity contribution in [1.29, 1.82) is 5.26 Å². The van der Waals surface area contributed by atoms with Crippen LogP contribution in [0.5, 0.6) is 0 Å². The van der Waals surface area contributed by atoms with E-state index in [0.29, 0.717) is 12.1 Å². The van der Waals surface area contributed by atoms with Crippen LogP contribution in [0.25, 0.3) is 10.8 Å². The minimum Gasteiger partial charge on any atom is -0.269 e. The number of fused-ring (bicyclic) bond motifs is 1. The van der Waals surface area contributed by atoms with Crippen LogP contribution in [0, 0.1) is 11.3 Å². The monoisotopic (exact) mass is 289 g/mol. The Morgan fingerprint density at radius 3 is 2.80 bits per heavy atom. The lowest BCUT2D eigenvalue weighted by atomic mass is 10.0. The zero-order chi connectivity index (χ0) is 14.3. The van der Waals surface area contributed by atoms with Gasteiger partial charge in [0.05, 0.1) is 23.4 Å². The number of benzene rings is 2. The van der Waals surface area contributed by atoms with Crippen LogP contribution >= 0.6 is 11.0 Å². The molecule has 1 aliphatic heterocycles. The van der Waals surface area contributed by atoms with Crippen molar-refractivity contribution in [3.05, 3.63) is 42.0 Å². The third-order valence-electron chi connectivity index (χ3n) is 3.49. The molecule has 0 aliphatic carbocycles. The summed E-state index contributed by atoms with van der Waals surface area (Å²) in [5.74, 6) is 0. The maximum absolute atomic E-state index is 10.1. The zero-order valence-electron chi connectivity index (χ0n) is 10.9. The van der Waals surface area contributed by atoms with E-state index in [0.717, 1.165) is 16.5 Å². The molecule has 6 heteroatoms. The Balaban J connectivity index is 2.13. The van der Waals surface area contributed by atoms with Gasteiger partial charge in [-0.2, -0.15) is 9.98 Å². The van der Waals surface area contributed by atoms with Crippen LogP contribution in [0.1, 0.15) is 12.5 Å². The third-order valence-corrected chi connectivity index (χ3v) is 5.16. The highest BCUT2D eigenvalue weighted by molar-refractivity contribution is 8.24. The second-order valence-corrected chi connectivity index (χ2v) is 6.58. The van der Waals surface area contributed by atoms with Crippen LogP contribution in [-0.4, -0.2) is 21.7 Å². The highest BCUT2D eigenvalue weighted by Gasteiger charge is 2.34. The molecular formula is C14H15N3O2S. The third kappa shape index (κ3) is 2.01. The Labute approximate surface area is 119 Å². The Morgan fingerprint density at radius 1 is 1.35 bits per heavy atom. The maximum Gasteiger partial charge on any atom is 0.0998 e. The molecule has 104 valence electrons. The van der Waals surface area contributed by atoms with Gasteiger partial charge < -0.3 is 0 Å². The Hall–Kier alpha value is -1.78.